The minimum atomic E-state index is 0.119. The van der Waals surface area contributed by atoms with Crippen LogP contribution < -0.4 is 0 Å². The van der Waals surface area contributed by atoms with Crippen molar-refractivity contribution in [1.82, 2.24) is 9.88 Å². The van der Waals surface area contributed by atoms with Gasteiger partial charge < -0.3 is 9.88 Å². The largest absolute Gasteiger partial charge is 0.361 e. The Morgan fingerprint density at radius 2 is 2.15 bits per heavy atom. The van der Waals surface area contributed by atoms with Crippen LogP contribution in [0.2, 0.25) is 0 Å². The van der Waals surface area contributed by atoms with Crippen LogP contribution in [0.15, 0.2) is 43.1 Å². The predicted octanol–water partition coefficient (Wildman–Crippen LogP) is 3.74. The van der Waals surface area contributed by atoms with E-state index in [1.165, 1.54) is 12.8 Å². The number of aromatic amines is 1. The third-order valence-corrected chi connectivity index (χ3v) is 4.15. The van der Waals surface area contributed by atoms with Crippen molar-refractivity contribution in [3.05, 3.63) is 48.7 Å². The van der Waals surface area contributed by atoms with Crippen molar-refractivity contribution in [2.24, 2.45) is 0 Å². The number of fused-ring (bicyclic) bond motifs is 1. The maximum absolute atomic E-state index is 12.8. The van der Waals surface area contributed by atoms with E-state index in [-0.39, 0.29) is 5.91 Å². The number of nitrogens with one attached hydrogen (secondary N) is 1. The molecule has 20 heavy (non-hydrogen) atoms. The number of benzene rings is 1. The summed E-state index contributed by atoms with van der Waals surface area (Å²) in [6, 6.07) is 8.26. The lowest BCUT2D eigenvalue weighted by atomic mass is 10.1. The van der Waals surface area contributed by atoms with Crippen LogP contribution in [-0.2, 0) is 0 Å². The summed E-state index contributed by atoms with van der Waals surface area (Å²) < 4.78 is 0. The van der Waals surface area contributed by atoms with E-state index in [0.717, 1.165) is 29.3 Å². The van der Waals surface area contributed by atoms with Crippen LogP contribution in [0, 0.1) is 0 Å². The summed E-state index contributed by atoms with van der Waals surface area (Å²) in [5.41, 5.74) is 1.77. The Labute approximate surface area is 119 Å². The van der Waals surface area contributed by atoms with Crippen LogP contribution in [0.25, 0.3) is 10.9 Å². The van der Waals surface area contributed by atoms with Gasteiger partial charge in [0.15, 0.2) is 0 Å². The molecule has 0 aliphatic heterocycles. The van der Waals surface area contributed by atoms with E-state index in [2.05, 4.69) is 11.6 Å². The lowest BCUT2D eigenvalue weighted by molar-refractivity contribution is 0.0706. The second-order valence-electron chi connectivity index (χ2n) is 5.46. The van der Waals surface area contributed by atoms with Crippen molar-refractivity contribution in [2.45, 2.75) is 31.7 Å². The molecule has 0 unspecified atom stereocenters. The fourth-order valence-corrected chi connectivity index (χ4v) is 3.10. The zero-order chi connectivity index (χ0) is 13.9. The zero-order valence-corrected chi connectivity index (χ0v) is 11.6. The second-order valence-corrected chi connectivity index (χ2v) is 5.46. The van der Waals surface area contributed by atoms with Crippen molar-refractivity contribution in [3.8, 4) is 0 Å². The third kappa shape index (κ3) is 2.36. The molecule has 1 aliphatic rings. The van der Waals surface area contributed by atoms with Gasteiger partial charge in [0.2, 0.25) is 0 Å². The number of aromatic nitrogens is 1. The normalized spacial score (nSPS) is 15.6. The van der Waals surface area contributed by atoms with Gasteiger partial charge in [-0.1, -0.05) is 25.0 Å². The number of nitrogens with zero attached hydrogens (tertiary/aromatic N) is 1. The molecule has 0 saturated heterocycles. The van der Waals surface area contributed by atoms with Gasteiger partial charge >= 0.3 is 0 Å². The average Bonchev–Trinajstić information content (AvgIpc) is 3.13. The molecule has 1 heterocycles. The highest BCUT2D eigenvalue weighted by atomic mass is 16.2. The van der Waals surface area contributed by atoms with Gasteiger partial charge in [-0.15, -0.1) is 6.58 Å². The highest BCUT2D eigenvalue weighted by molar-refractivity contribution is 5.98. The van der Waals surface area contributed by atoms with Crippen molar-refractivity contribution < 1.29 is 4.79 Å². The lowest BCUT2D eigenvalue weighted by Crippen LogP contribution is -2.38. The maximum atomic E-state index is 12.8. The number of hydrogen-bond acceptors (Lipinski definition) is 1. The first-order valence-corrected chi connectivity index (χ1v) is 7.28. The number of carbonyl (C=O) groups is 1. The average molecular weight is 268 g/mol. The SMILES string of the molecule is C=CCN(C(=O)c1ccc2cc[nH]c2c1)C1CCCC1. The molecule has 104 valence electrons. The molecular formula is C17H20N2O. The second kappa shape index (κ2) is 5.53. The van der Waals surface area contributed by atoms with Gasteiger partial charge in [-0.25, -0.2) is 0 Å². The first-order chi connectivity index (χ1) is 9.79. The van der Waals surface area contributed by atoms with E-state index in [4.69, 9.17) is 0 Å². The van der Waals surface area contributed by atoms with Crippen molar-refractivity contribution in [1.29, 1.82) is 0 Å². The van der Waals surface area contributed by atoms with E-state index in [0.29, 0.717) is 12.6 Å². The Morgan fingerprint density at radius 3 is 2.90 bits per heavy atom. The molecule has 3 heteroatoms. The number of rotatable bonds is 4. The minimum Gasteiger partial charge on any atom is -0.361 e. The Bertz CT molecular complexity index is 623. The third-order valence-electron chi connectivity index (χ3n) is 4.15. The highest BCUT2D eigenvalue weighted by Crippen LogP contribution is 2.25. The molecule has 1 fully saturated rings. The summed E-state index contributed by atoms with van der Waals surface area (Å²) in [5, 5.41) is 1.14. The fourth-order valence-electron chi connectivity index (χ4n) is 3.10. The van der Waals surface area contributed by atoms with Gasteiger partial charge in [0, 0.05) is 29.9 Å². The summed E-state index contributed by atoms with van der Waals surface area (Å²) >= 11 is 0. The number of amides is 1. The Kier molecular flexibility index (Phi) is 3.59. The quantitative estimate of drug-likeness (QED) is 0.842. The molecule has 1 aromatic carbocycles. The monoisotopic (exact) mass is 268 g/mol. The van der Waals surface area contributed by atoms with Crippen LogP contribution in [0.1, 0.15) is 36.0 Å². The van der Waals surface area contributed by atoms with Gasteiger partial charge in [0.05, 0.1) is 0 Å². The molecule has 2 aromatic rings. The molecule has 3 rings (SSSR count). The molecule has 1 saturated carbocycles. The molecule has 1 aromatic heterocycles. The zero-order valence-electron chi connectivity index (χ0n) is 11.6. The molecule has 3 nitrogen and oxygen atoms in total. The maximum Gasteiger partial charge on any atom is 0.254 e. The number of carbonyl (C=O) groups excluding carboxylic acids is 1. The summed E-state index contributed by atoms with van der Waals surface area (Å²) in [4.78, 5) is 17.9. The molecule has 0 atom stereocenters. The van der Waals surface area contributed by atoms with Crippen LogP contribution in [-0.4, -0.2) is 28.4 Å². The van der Waals surface area contributed by atoms with Gasteiger partial charge in [0.1, 0.15) is 0 Å². The van der Waals surface area contributed by atoms with Crippen LogP contribution in [0.4, 0.5) is 0 Å². The summed E-state index contributed by atoms with van der Waals surface area (Å²) in [6.07, 6.45) is 8.40. The first kappa shape index (κ1) is 13.0. The van der Waals surface area contributed by atoms with Gasteiger partial charge in [0.25, 0.3) is 5.91 Å². The summed E-state index contributed by atoms with van der Waals surface area (Å²) in [5.74, 6) is 0.119. The van der Waals surface area contributed by atoms with Crippen molar-refractivity contribution >= 4 is 16.8 Å². The Hall–Kier alpha value is -2.03. The van der Waals surface area contributed by atoms with E-state index in [9.17, 15) is 4.79 Å². The molecule has 1 N–H and O–H groups in total. The topological polar surface area (TPSA) is 36.1 Å². The molecule has 1 amide bonds. The molecule has 0 spiro atoms. The lowest BCUT2D eigenvalue weighted by Gasteiger charge is -2.28. The highest BCUT2D eigenvalue weighted by Gasteiger charge is 2.26. The van der Waals surface area contributed by atoms with E-state index in [1.54, 1.807) is 0 Å². The molecule has 0 bridgehead atoms. The smallest absolute Gasteiger partial charge is 0.254 e. The Morgan fingerprint density at radius 1 is 1.35 bits per heavy atom. The van der Waals surface area contributed by atoms with E-state index in [1.807, 2.05) is 41.4 Å². The molecule has 1 aliphatic carbocycles. The summed E-state index contributed by atoms with van der Waals surface area (Å²) in [7, 11) is 0. The van der Waals surface area contributed by atoms with Crippen molar-refractivity contribution in [3.63, 3.8) is 0 Å². The standard InChI is InChI=1S/C17H20N2O/c1-2-11-19(15-5-3-4-6-15)17(20)14-8-7-13-9-10-18-16(13)12-14/h2,7-10,12,15,18H,1,3-6,11H2. The van der Waals surface area contributed by atoms with Crippen LogP contribution in [0.5, 0.6) is 0 Å². The van der Waals surface area contributed by atoms with Gasteiger partial charge in [-0.2, -0.15) is 0 Å². The van der Waals surface area contributed by atoms with Crippen LogP contribution in [0.3, 0.4) is 0 Å². The Balaban J connectivity index is 1.88. The van der Waals surface area contributed by atoms with E-state index >= 15 is 0 Å². The molecule has 0 radical (unpaired) electrons. The van der Waals surface area contributed by atoms with E-state index < -0.39 is 0 Å². The summed E-state index contributed by atoms with van der Waals surface area (Å²) in [6.45, 7) is 4.42. The van der Waals surface area contributed by atoms with Gasteiger partial charge in [-0.3, -0.25) is 4.79 Å². The number of hydrogen-bond donors (Lipinski definition) is 1. The van der Waals surface area contributed by atoms with Crippen molar-refractivity contribution in [2.75, 3.05) is 6.54 Å². The predicted molar refractivity (Wildman–Crippen MR) is 81.8 cm³/mol. The van der Waals surface area contributed by atoms with Gasteiger partial charge in [-0.05, 0) is 36.4 Å². The minimum absolute atomic E-state index is 0.119. The number of H-pyrrole nitrogens is 1. The fraction of sp³-hybridized carbons (Fsp3) is 0.353. The first-order valence-electron chi connectivity index (χ1n) is 7.28. The molecular weight excluding hydrogens is 248 g/mol. The van der Waals surface area contributed by atoms with Crippen LogP contribution >= 0.6 is 0 Å².